The van der Waals surface area contributed by atoms with Crippen LogP contribution in [-0.2, 0) is 4.74 Å². The Morgan fingerprint density at radius 3 is 2.81 bits per heavy atom. The summed E-state index contributed by atoms with van der Waals surface area (Å²) >= 11 is 0. The van der Waals surface area contributed by atoms with E-state index in [1.807, 2.05) is 50.4 Å². The topological polar surface area (TPSA) is 127 Å². The number of hydrogen-bond donors (Lipinski definition) is 3. The third kappa shape index (κ3) is 4.36. The molecule has 37 heavy (non-hydrogen) atoms. The molecule has 3 N–H and O–H groups in total. The van der Waals surface area contributed by atoms with E-state index in [2.05, 4.69) is 20.6 Å². The molecule has 1 amide bonds. The number of benzene rings is 2. The molecule has 1 saturated heterocycles. The van der Waals surface area contributed by atoms with Crippen molar-refractivity contribution in [2.24, 2.45) is 0 Å². The number of fused-ring (bicyclic) bond motifs is 2. The van der Waals surface area contributed by atoms with E-state index >= 15 is 0 Å². The van der Waals surface area contributed by atoms with Crippen LogP contribution < -0.4 is 15.4 Å². The predicted molar refractivity (Wildman–Crippen MR) is 139 cm³/mol. The molecule has 0 spiro atoms. The predicted octanol–water partition coefficient (Wildman–Crippen LogP) is 4.65. The zero-order valence-corrected chi connectivity index (χ0v) is 20.7. The van der Waals surface area contributed by atoms with Gasteiger partial charge in [-0.1, -0.05) is 6.07 Å². The van der Waals surface area contributed by atoms with Crippen molar-refractivity contribution in [1.82, 2.24) is 25.3 Å². The number of anilines is 2. The maximum Gasteiger partial charge on any atom is 0.251 e. The van der Waals surface area contributed by atoms with Crippen LogP contribution in [0.5, 0.6) is 5.88 Å². The van der Waals surface area contributed by atoms with Crippen molar-refractivity contribution in [1.29, 1.82) is 0 Å². The molecule has 0 aliphatic carbocycles. The molecule has 0 saturated carbocycles. The van der Waals surface area contributed by atoms with Crippen molar-refractivity contribution in [3.05, 3.63) is 59.6 Å². The quantitative estimate of drug-likeness (QED) is 0.309. The number of ether oxygens (including phenoxy) is 2. The summed E-state index contributed by atoms with van der Waals surface area (Å²) in [4.78, 5) is 29.2. The molecule has 1 aliphatic heterocycles. The Morgan fingerprint density at radius 1 is 1.14 bits per heavy atom. The van der Waals surface area contributed by atoms with E-state index in [1.165, 1.54) is 0 Å². The Hall–Kier alpha value is -4.44. The van der Waals surface area contributed by atoms with Crippen LogP contribution in [0.15, 0.2) is 47.0 Å². The maximum atomic E-state index is 12.0. The van der Waals surface area contributed by atoms with Crippen LogP contribution in [0.1, 0.15) is 28.2 Å². The molecule has 5 aromatic rings. The van der Waals surface area contributed by atoms with Crippen LogP contribution >= 0.6 is 0 Å². The van der Waals surface area contributed by atoms with Crippen molar-refractivity contribution in [3.8, 4) is 17.0 Å². The van der Waals surface area contributed by atoms with Crippen molar-refractivity contribution in [3.63, 3.8) is 0 Å². The molecule has 1 fully saturated rings. The van der Waals surface area contributed by atoms with Crippen LogP contribution in [0.2, 0.25) is 0 Å². The van der Waals surface area contributed by atoms with Gasteiger partial charge in [0.15, 0.2) is 11.5 Å². The number of nitrogens with one attached hydrogen (secondary N) is 3. The first-order valence-corrected chi connectivity index (χ1v) is 12.1. The summed E-state index contributed by atoms with van der Waals surface area (Å²) in [5.41, 5.74) is 6.26. The SMILES string of the molecule is CNC(=O)c1ccc(Nc2nc(O[C@H]3CCOC3)c3c(-c4ccc5nc(C)oc5c4)c[nH]c3n2)c(C)c1. The monoisotopic (exact) mass is 498 g/mol. The smallest absolute Gasteiger partial charge is 0.251 e. The Kier molecular flexibility index (Phi) is 5.72. The highest BCUT2D eigenvalue weighted by molar-refractivity contribution is 5.99. The molecule has 188 valence electrons. The van der Waals surface area contributed by atoms with Gasteiger partial charge in [-0.3, -0.25) is 4.79 Å². The van der Waals surface area contributed by atoms with Gasteiger partial charge in [0.05, 0.1) is 18.6 Å². The first-order chi connectivity index (χ1) is 18.0. The molecule has 0 radical (unpaired) electrons. The number of H-pyrrole nitrogens is 1. The molecular weight excluding hydrogens is 472 g/mol. The number of aromatic nitrogens is 4. The van der Waals surface area contributed by atoms with Gasteiger partial charge in [-0.2, -0.15) is 9.97 Å². The van der Waals surface area contributed by atoms with Gasteiger partial charge in [0.1, 0.15) is 17.3 Å². The number of carbonyl (C=O) groups is 1. The number of nitrogens with zero attached hydrogens (tertiary/aromatic N) is 3. The van der Waals surface area contributed by atoms with Gasteiger partial charge >= 0.3 is 0 Å². The molecule has 0 unspecified atom stereocenters. The molecule has 1 aliphatic rings. The van der Waals surface area contributed by atoms with Crippen molar-refractivity contribution in [2.45, 2.75) is 26.4 Å². The largest absolute Gasteiger partial charge is 0.471 e. The fourth-order valence-electron chi connectivity index (χ4n) is 4.55. The summed E-state index contributed by atoms with van der Waals surface area (Å²) in [7, 11) is 1.61. The Bertz CT molecular complexity index is 1630. The lowest BCUT2D eigenvalue weighted by Gasteiger charge is -2.15. The minimum Gasteiger partial charge on any atom is -0.471 e. The molecular formula is C27H26N6O4. The number of aryl methyl sites for hydroxylation is 2. The molecule has 10 heteroatoms. The second-order valence-corrected chi connectivity index (χ2v) is 9.03. The molecule has 10 nitrogen and oxygen atoms in total. The Labute approximate surface area is 212 Å². The average Bonchev–Trinajstić information content (AvgIpc) is 3.63. The molecule has 4 heterocycles. The Morgan fingerprint density at radius 2 is 2.03 bits per heavy atom. The zero-order chi connectivity index (χ0) is 25.5. The van der Waals surface area contributed by atoms with Gasteiger partial charge < -0.3 is 29.5 Å². The van der Waals surface area contributed by atoms with Crippen molar-refractivity contribution in [2.75, 3.05) is 25.6 Å². The number of oxazole rings is 1. The van der Waals surface area contributed by atoms with Crippen LogP contribution in [0.4, 0.5) is 11.6 Å². The van der Waals surface area contributed by atoms with Gasteiger partial charge in [-0.05, 0) is 48.4 Å². The number of carbonyl (C=O) groups excluding carboxylic acids is 1. The zero-order valence-electron chi connectivity index (χ0n) is 20.7. The van der Waals surface area contributed by atoms with Gasteiger partial charge in [-0.25, -0.2) is 4.98 Å². The minimum absolute atomic E-state index is 0.0957. The van der Waals surface area contributed by atoms with E-state index in [0.29, 0.717) is 47.7 Å². The fourth-order valence-corrected chi connectivity index (χ4v) is 4.55. The standard InChI is InChI=1S/C27H26N6O4/c1-14-10-17(25(34)28-3)5-6-20(14)31-27-32-24-23(26(33-27)37-18-8-9-35-13-18)19(12-29-24)16-4-7-21-22(11-16)36-15(2)30-21/h4-7,10-12,18H,8-9,13H2,1-3H3,(H,28,34)(H2,29,31,32,33)/t18-/m0/s1. The summed E-state index contributed by atoms with van der Waals surface area (Å²) in [6.45, 7) is 4.92. The molecule has 0 bridgehead atoms. The normalized spacial score (nSPS) is 15.4. The van der Waals surface area contributed by atoms with E-state index in [1.54, 1.807) is 13.1 Å². The van der Waals surface area contributed by atoms with E-state index < -0.39 is 0 Å². The summed E-state index contributed by atoms with van der Waals surface area (Å²) in [6.07, 6.45) is 2.59. The third-order valence-electron chi connectivity index (χ3n) is 6.43. The first-order valence-electron chi connectivity index (χ1n) is 12.1. The van der Waals surface area contributed by atoms with E-state index in [9.17, 15) is 4.79 Å². The second kappa shape index (κ2) is 9.21. The number of hydrogen-bond acceptors (Lipinski definition) is 8. The molecule has 3 aromatic heterocycles. The highest BCUT2D eigenvalue weighted by Gasteiger charge is 2.23. The van der Waals surface area contributed by atoms with E-state index in [-0.39, 0.29) is 12.0 Å². The lowest BCUT2D eigenvalue weighted by atomic mass is 10.1. The number of amides is 1. The van der Waals surface area contributed by atoms with Gasteiger partial charge in [0.2, 0.25) is 11.8 Å². The van der Waals surface area contributed by atoms with E-state index in [4.69, 9.17) is 23.9 Å². The summed E-state index contributed by atoms with van der Waals surface area (Å²) < 4.78 is 17.6. The maximum absolute atomic E-state index is 12.0. The molecule has 1 atom stereocenters. The average molecular weight is 499 g/mol. The van der Waals surface area contributed by atoms with Crippen LogP contribution in [0.25, 0.3) is 33.3 Å². The third-order valence-corrected chi connectivity index (χ3v) is 6.43. The highest BCUT2D eigenvalue weighted by Crippen LogP contribution is 2.37. The summed E-state index contributed by atoms with van der Waals surface area (Å²) in [5.74, 6) is 1.33. The minimum atomic E-state index is -0.139. The lowest BCUT2D eigenvalue weighted by Crippen LogP contribution is -2.18. The highest BCUT2D eigenvalue weighted by atomic mass is 16.5. The van der Waals surface area contributed by atoms with Gasteiger partial charge in [0.25, 0.3) is 5.91 Å². The molecule has 6 rings (SSSR count). The van der Waals surface area contributed by atoms with Crippen LogP contribution in [0.3, 0.4) is 0 Å². The number of aromatic amines is 1. The summed E-state index contributed by atoms with van der Waals surface area (Å²) in [6, 6.07) is 11.3. The van der Waals surface area contributed by atoms with Crippen LogP contribution in [0, 0.1) is 13.8 Å². The summed E-state index contributed by atoms with van der Waals surface area (Å²) in [5, 5.41) is 6.70. The van der Waals surface area contributed by atoms with Gasteiger partial charge in [-0.15, -0.1) is 0 Å². The molecule has 2 aromatic carbocycles. The van der Waals surface area contributed by atoms with Crippen LogP contribution in [-0.4, -0.2) is 52.2 Å². The van der Waals surface area contributed by atoms with Gasteiger partial charge in [0, 0.05) is 43.4 Å². The first kappa shape index (κ1) is 23.0. The van der Waals surface area contributed by atoms with Crippen molar-refractivity contribution >= 4 is 39.7 Å². The fraction of sp³-hybridized carbons (Fsp3) is 0.259. The van der Waals surface area contributed by atoms with Crippen molar-refractivity contribution < 1.29 is 18.7 Å². The Balaban J connectivity index is 1.41. The second-order valence-electron chi connectivity index (χ2n) is 9.03. The lowest BCUT2D eigenvalue weighted by molar-refractivity contribution is 0.0963. The number of rotatable bonds is 6. The van der Waals surface area contributed by atoms with E-state index in [0.717, 1.165) is 39.7 Å².